The van der Waals surface area contributed by atoms with Gasteiger partial charge in [-0.25, -0.2) is 0 Å². The topological polar surface area (TPSA) is 213 Å². The first-order chi connectivity index (χ1) is 9.73. The van der Waals surface area contributed by atoms with Crippen LogP contribution in [0.15, 0.2) is 0 Å². The van der Waals surface area contributed by atoms with Crippen LogP contribution in [0.5, 0.6) is 0 Å². The maximum atomic E-state index is 9.99. The zero-order valence-corrected chi connectivity index (χ0v) is 12.3. The van der Waals surface area contributed by atoms with E-state index in [-0.39, 0.29) is 131 Å². The molecule has 1 atom stereocenters. The summed E-state index contributed by atoms with van der Waals surface area (Å²) >= 11 is 0. The van der Waals surface area contributed by atoms with E-state index >= 15 is 0 Å². The van der Waals surface area contributed by atoms with E-state index in [4.69, 9.17) is 45.6 Å². The van der Waals surface area contributed by atoms with Crippen molar-refractivity contribution >= 4 is 148 Å². The van der Waals surface area contributed by atoms with E-state index in [1.165, 1.54) is 0 Å². The van der Waals surface area contributed by atoms with E-state index in [0.29, 0.717) is 0 Å². The van der Waals surface area contributed by atoms with Gasteiger partial charge >= 0.3 is 130 Å². The van der Waals surface area contributed by atoms with Gasteiger partial charge in [0, 0.05) is 27.2 Å². The molecule has 0 aliphatic rings. The molecular weight excluding hydrogens is 398 g/mol. The minimum absolute atomic E-state index is 0. The predicted molar refractivity (Wildman–Crippen MR) is 101 cm³/mol. The number of hydrogen-bond acceptors (Lipinski definition) is 6. The molecule has 0 radical (unpaired) electrons. The Kier molecular flexibility index (Phi) is 72.4. The van der Waals surface area contributed by atoms with Gasteiger partial charge in [-0.05, 0) is 6.42 Å². The molecular formula is C11H25NNa4O10. The SMILES string of the molecule is CC(=O)O.CC(=O)O.CC(=O)O.NC(CCC(=O)O)C(=O)O.[NaH].[NaH].[NaH].[NaH]. The Labute approximate surface area is 239 Å². The summed E-state index contributed by atoms with van der Waals surface area (Å²) in [5, 5.41) is 38.5. The van der Waals surface area contributed by atoms with Crippen molar-refractivity contribution in [2.24, 2.45) is 5.73 Å². The van der Waals surface area contributed by atoms with Crippen LogP contribution in [0.4, 0.5) is 0 Å². The normalized spacial score (nSPS) is 7.69. The molecule has 0 spiro atoms. The molecule has 0 amide bonds. The Morgan fingerprint density at radius 3 is 1.00 bits per heavy atom. The molecule has 0 saturated carbocycles. The molecule has 11 nitrogen and oxygen atoms in total. The number of hydrogen-bond donors (Lipinski definition) is 6. The summed E-state index contributed by atoms with van der Waals surface area (Å²) in [5.41, 5.74) is 5.00. The first-order valence-corrected chi connectivity index (χ1v) is 5.52. The summed E-state index contributed by atoms with van der Waals surface area (Å²) < 4.78 is 0. The summed E-state index contributed by atoms with van der Waals surface area (Å²) in [7, 11) is 0. The van der Waals surface area contributed by atoms with E-state index in [1.807, 2.05) is 0 Å². The molecule has 15 heteroatoms. The Morgan fingerprint density at radius 2 is 0.885 bits per heavy atom. The first-order valence-electron chi connectivity index (χ1n) is 5.52. The molecule has 138 valence electrons. The second-order valence-electron chi connectivity index (χ2n) is 3.43. The maximum absolute atomic E-state index is 9.99. The first kappa shape index (κ1) is 50.7. The second-order valence-corrected chi connectivity index (χ2v) is 3.43. The monoisotopic (exact) mass is 423 g/mol. The van der Waals surface area contributed by atoms with E-state index < -0.39 is 35.9 Å². The molecule has 0 saturated heterocycles. The van der Waals surface area contributed by atoms with Crippen LogP contribution in [0.2, 0.25) is 0 Å². The van der Waals surface area contributed by atoms with Gasteiger partial charge in [0.2, 0.25) is 0 Å². The van der Waals surface area contributed by atoms with Crippen molar-refractivity contribution in [1.82, 2.24) is 0 Å². The van der Waals surface area contributed by atoms with Crippen molar-refractivity contribution in [3.8, 4) is 0 Å². The molecule has 0 fully saturated rings. The van der Waals surface area contributed by atoms with Gasteiger partial charge in [0.1, 0.15) is 6.04 Å². The second kappa shape index (κ2) is 37.1. The van der Waals surface area contributed by atoms with Gasteiger partial charge in [0.25, 0.3) is 17.9 Å². The number of nitrogens with two attached hydrogens (primary N) is 1. The molecule has 1 unspecified atom stereocenters. The van der Waals surface area contributed by atoms with Crippen molar-refractivity contribution < 1.29 is 49.5 Å². The van der Waals surface area contributed by atoms with Gasteiger partial charge in [-0.2, -0.15) is 0 Å². The average Bonchev–Trinajstić information content (AvgIpc) is 2.22. The van der Waals surface area contributed by atoms with Crippen molar-refractivity contribution in [2.75, 3.05) is 0 Å². The molecule has 26 heavy (non-hydrogen) atoms. The van der Waals surface area contributed by atoms with E-state index in [0.717, 1.165) is 20.8 Å². The third-order valence-electron chi connectivity index (χ3n) is 0.986. The third kappa shape index (κ3) is 141. The van der Waals surface area contributed by atoms with Crippen LogP contribution < -0.4 is 5.73 Å². The molecule has 0 aromatic heterocycles. The fourth-order valence-electron chi connectivity index (χ4n) is 0.402. The van der Waals surface area contributed by atoms with Crippen LogP contribution in [-0.4, -0.2) is 180 Å². The molecule has 0 aliphatic heterocycles. The third-order valence-corrected chi connectivity index (χ3v) is 0.986. The predicted octanol–water partition coefficient (Wildman–Crippen LogP) is -3.06. The van der Waals surface area contributed by atoms with Crippen molar-refractivity contribution in [3.63, 3.8) is 0 Å². The summed E-state index contributed by atoms with van der Waals surface area (Å²) in [6, 6.07) is -1.06. The standard InChI is InChI=1S/C5H9NO4.3C2H4O2.4Na.4H/c6-3(5(9)10)1-2-4(7)8;3*1-2(3)4;;;;;;;;/h3H,1-2,6H2,(H,7,8)(H,9,10);3*1H3,(H,3,4);;;;;;;;. The summed E-state index contributed by atoms with van der Waals surface area (Å²) in [5.74, 6) is -4.70. The molecule has 0 aromatic carbocycles. The quantitative estimate of drug-likeness (QED) is 0.250. The van der Waals surface area contributed by atoms with Gasteiger partial charge in [-0.1, -0.05) is 0 Å². The van der Waals surface area contributed by atoms with Gasteiger partial charge in [-0.3, -0.25) is 24.0 Å². The van der Waals surface area contributed by atoms with Crippen LogP contribution >= 0.6 is 0 Å². The average molecular weight is 423 g/mol. The van der Waals surface area contributed by atoms with Crippen LogP contribution in [-0.2, 0) is 24.0 Å². The molecule has 0 aliphatic carbocycles. The van der Waals surface area contributed by atoms with E-state index in [9.17, 15) is 9.59 Å². The van der Waals surface area contributed by atoms with Gasteiger partial charge in [0.05, 0.1) is 0 Å². The van der Waals surface area contributed by atoms with E-state index in [1.54, 1.807) is 0 Å². The minimum atomic E-state index is -1.17. The Balaban J connectivity index is -0.0000000291. The van der Waals surface area contributed by atoms with Crippen molar-refractivity contribution in [3.05, 3.63) is 0 Å². The molecule has 7 N–H and O–H groups in total. The van der Waals surface area contributed by atoms with Crippen molar-refractivity contribution in [2.45, 2.75) is 39.7 Å². The Bertz CT molecular complexity index is 341. The van der Waals surface area contributed by atoms with Crippen LogP contribution in [0, 0.1) is 0 Å². The zero-order valence-electron chi connectivity index (χ0n) is 12.3. The number of carbonyl (C=O) groups is 5. The Hall–Kier alpha value is 1.31. The van der Waals surface area contributed by atoms with Crippen molar-refractivity contribution in [1.29, 1.82) is 0 Å². The van der Waals surface area contributed by atoms with Crippen LogP contribution in [0.25, 0.3) is 0 Å². The van der Waals surface area contributed by atoms with Gasteiger partial charge in [0.15, 0.2) is 0 Å². The zero-order chi connectivity index (χ0) is 18.9. The number of carboxylic acids is 5. The number of rotatable bonds is 4. The summed E-state index contributed by atoms with van der Waals surface area (Å²) in [4.78, 5) is 46.9. The molecule has 0 bridgehead atoms. The molecule has 0 heterocycles. The molecule has 0 rings (SSSR count). The molecule has 0 aromatic rings. The summed E-state index contributed by atoms with van der Waals surface area (Å²) in [6.07, 6.45) is -0.224. The Morgan fingerprint density at radius 1 is 0.692 bits per heavy atom. The van der Waals surface area contributed by atoms with Crippen LogP contribution in [0.3, 0.4) is 0 Å². The number of carboxylic acid groups (broad SMARTS) is 5. The van der Waals surface area contributed by atoms with Gasteiger partial charge in [-0.15, -0.1) is 0 Å². The number of aliphatic carboxylic acids is 5. The fraction of sp³-hybridized carbons (Fsp3) is 0.545. The fourth-order valence-corrected chi connectivity index (χ4v) is 0.402. The van der Waals surface area contributed by atoms with Gasteiger partial charge < -0.3 is 31.3 Å². The van der Waals surface area contributed by atoms with Crippen LogP contribution in [0.1, 0.15) is 33.6 Å². The summed E-state index contributed by atoms with van der Waals surface area (Å²) in [6.45, 7) is 3.25. The van der Waals surface area contributed by atoms with E-state index in [2.05, 4.69) is 0 Å².